The van der Waals surface area contributed by atoms with Crippen molar-refractivity contribution in [1.82, 2.24) is 9.97 Å². The molecule has 0 aromatic carbocycles. The zero-order valence-corrected chi connectivity index (χ0v) is 8.14. The van der Waals surface area contributed by atoms with Gasteiger partial charge in [0.15, 0.2) is 0 Å². The number of nitrogens with zero attached hydrogens (tertiary/aromatic N) is 2. The lowest BCUT2D eigenvalue weighted by molar-refractivity contribution is -0.137. The summed E-state index contributed by atoms with van der Waals surface area (Å²) in [5.74, 6) is 0. The molecular weight excluding hydrogens is 225 g/mol. The van der Waals surface area contributed by atoms with Gasteiger partial charge in [-0.3, -0.25) is 4.98 Å². The second kappa shape index (κ2) is 3.62. The summed E-state index contributed by atoms with van der Waals surface area (Å²) < 4.78 is 37.1. The van der Waals surface area contributed by atoms with Gasteiger partial charge in [0.05, 0.1) is 5.56 Å². The Hall–Kier alpha value is -1.43. The molecular formula is C9H5F3N2S. The first-order valence-electron chi connectivity index (χ1n) is 3.99. The highest BCUT2D eigenvalue weighted by Gasteiger charge is 2.31. The summed E-state index contributed by atoms with van der Waals surface area (Å²) in [7, 11) is 0. The highest BCUT2D eigenvalue weighted by molar-refractivity contribution is 7.13. The van der Waals surface area contributed by atoms with E-state index in [1.807, 2.05) is 0 Å². The van der Waals surface area contributed by atoms with Crippen molar-refractivity contribution in [2.45, 2.75) is 6.18 Å². The van der Waals surface area contributed by atoms with Crippen LogP contribution in [0.5, 0.6) is 0 Å². The van der Waals surface area contributed by atoms with Gasteiger partial charge in [-0.1, -0.05) is 0 Å². The summed E-state index contributed by atoms with van der Waals surface area (Å²) >= 11 is 1.28. The number of thiazole rings is 1. The van der Waals surface area contributed by atoms with Crippen LogP contribution in [0.3, 0.4) is 0 Å². The summed E-state index contributed by atoms with van der Waals surface area (Å²) in [4.78, 5) is 7.47. The molecule has 0 N–H and O–H groups in total. The predicted octanol–water partition coefficient (Wildman–Crippen LogP) is 3.22. The molecule has 0 radical (unpaired) electrons. The van der Waals surface area contributed by atoms with Crippen LogP contribution in [0.15, 0.2) is 30.0 Å². The largest absolute Gasteiger partial charge is 0.417 e. The Morgan fingerprint density at radius 2 is 2.00 bits per heavy atom. The number of hydrogen-bond acceptors (Lipinski definition) is 3. The van der Waals surface area contributed by atoms with E-state index in [-0.39, 0.29) is 0 Å². The van der Waals surface area contributed by atoms with E-state index in [4.69, 9.17) is 0 Å². The Bertz CT molecular complexity index is 451. The molecule has 0 spiro atoms. The fourth-order valence-electron chi connectivity index (χ4n) is 1.08. The average molecular weight is 230 g/mol. The van der Waals surface area contributed by atoms with Crippen LogP contribution in [-0.2, 0) is 6.18 Å². The third-order valence-corrected chi connectivity index (χ3v) is 2.57. The Labute approximate surface area is 87.4 Å². The van der Waals surface area contributed by atoms with Crippen LogP contribution in [0, 0.1) is 0 Å². The zero-order valence-electron chi connectivity index (χ0n) is 7.32. The van der Waals surface area contributed by atoms with Crippen molar-refractivity contribution >= 4 is 11.3 Å². The van der Waals surface area contributed by atoms with Crippen molar-refractivity contribution in [1.29, 1.82) is 0 Å². The van der Waals surface area contributed by atoms with Crippen molar-refractivity contribution in [3.63, 3.8) is 0 Å². The lowest BCUT2D eigenvalue weighted by atomic mass is 10.2. The van der Waals surface area contributed by atoms with E-state index < -0.39 is 11.7 Å². The van der Waals surface area contributed by atoms with Gasteiger partial charge in [0.1, 0.15) is 5.01 Å². The summed E-state index contributed by atoms with van der Waals surface area (Å²) in [5.41, 5.74) is -0.366. The highest BCUT2D eigenvalue weighted by Crippen LogP contribution is 2.31. The molecule has 0 unspecified atom stereocenters. The molecule has 0 amide bonds. The third kappa shape index (κ3) is 2.15. The zero-order chi connectivity index (χ0) is 10.9. The summed E-state index contributed by atoms with van der Waals surface area (Å²) in [5, 5.41) is 2.24. The minimum absolute atomic E-state index is 0.389. The molecule has 2 aromatic rings. The van der Waals surface area contributed by atoms with Crippen LogP contribution < -0.4 is 0 Å². The van der Waals surface area contributed by atoms with Gasteiger partial charge in [-0.05, 0) is 6.07 Å². The number of halogens is 3. The van der Waals surface area contributed by atoms with Gasteiger partial charge in [0.2, 0.25) is 0 Å². The van der Waals surface area contributed by atoms with Crippen molar-refractivity contribution in [3.8, 4) is 10.6 Å². The van der Waals surface area contributed by atoms with Gasteiger partial charge in [-0.15, -0.1) is 11.3 Å². The SMILES string of the molecule is FC(F)(F)c1cncc(-c2nccs2)c1. The fourth-order valence-corrected chi connectivity index (χ4v) is 1.70. The Kier molecular flexibility index (Phi) is 2.44. The quantitative estimate of drug-likeness (QED) is 0.751. The normalized spacial score (nSPS) is 11.7. The van der Waals surface area contributed by atoms with Crippen LogP contribution in [0.2, 0.25) is 0 Å². The monoisotopic (exact) mass is 230 g/mol. The lowest BCUT2D eigenvalue weighted by Crippen LogP contribution is -2.05. The average Bonchev–Trinajstić information content (AvgIpc) is 2.69. The molecule has 0 saturated carbocycles. The first kappa shape index (κ1) is 10.1. The standard InChI is InChI=1S/C9H5F3N2S/c10-9(11,12)7-3-6(4-13-5-7)8-14-1-2-15-8/h1-5H. The Balaban J connectivity index is 2.44. The van der Waals surface area contributed by atoms with E-state index in [0.717, 1.165) is 12.3 Å². The van der Waals surface area contributed by atoms with Crippen LogP contribution >= 0.6 is 11.3 Å². The van der Waals surface area contributed by atoms with E-state index in [2.05, 4.69) is 9.97 Å². The summed E-state index contributed by atoms with van der Waals surface area (Å²) in [6.07, 6.45) is -0.647. The molecule has 2 heterocycles. The van der Waals surface area contributed by atoms with E-state index in [1.54, 1.807) is 11.6 Å². The molecule has 2 nitrogen and oxygen atoms in total. The lowest BCUT2D eigenvalue weighted by Gasteiger charge is -2.06. The molecule has 0 saturated heterocycles. The van der Waals surface area contributed by atoms with Crippen LogP contribution in [0.1, 0.15) is 5.56 Å². The molecule has 6 heteroatoms. The molecule has 15 heavy (non-hydrogen) atoms. The van der Waals surface area contributed by atoms with Gasteiger partial charge >= 0.3 is 6.18 Å². The topological polar surface area (TPSA) is 25.8 Å². The summed E-state index contributed by atoms with van der Waals surface area (Å²) in [6.45, 7) is 0. The molecule has 0 aliphatic heterocycles. The molecule has 78 valence electrons. The van der Waals surface area contributed by atoms with Crippen LogP contribution in [0.25, 0.3) is 10.6 Å². The highest BCUT2D eigenvalue weighted by atomic mass is 32.1. The molecule has 2 aromatic heterocycles. The van der Waals surface area contributed by atoms with E-state index >= 15 is 0 Å². The van der Waals surface area contributed by atoms with Crippen LogP contribution in [0.4, 0.5) is 13.2 Å². The maximum Gasteiger partial charge on any atom is 0.417 e. The van der Waals surface area contributed by atoms with Crippen LogP contribution in [-0.4, -0.2) is 9.97 Å². The Morgan fingerprint density at radius 3 is 2.60 bits per heavy atom. The van der Waals surface area contributed by atoms with Crippen molar-refractivity contribution in [2.75, 3.05) is 0 Å². The van der Waals surface area contributed by atoms with Gasteiger partial charge in [0, 0.05) is 29.5 Å². The van der Waals surface area contributed by atoms with Gasteiger partial charge < -0.3 is 0 Å². The molecule has 2 rings (SSSR count). The first-order valence-corrected chi connectivity index (χ1v) is 4.87. The number of alkyl halides is 3. The maximum atomic E-state index is 12.4. The van der Waals surface area contributed by atoms with E-state index in [9.17, 15) is 13.2 Å². The maximum absolute atomic E-state index is 12.4. The van der Waals surface area contributed by atoms with Gasteiger partial charge in [-0.2, -0.15) is 13.2 Å². The third-order valence-electron chi connectivity index (χ3n) is 1.74. The number of hydrogen-bond donors (Lipinski definition) is 0. The molecule has 0 aliphatic rings. The van der Waals surface area contributed by atoms with Crippen molar-refractivity contribution in [2.24, 2.45) is 0 Å². The molecule has 0 aliphatic carbocycles. The minimum atomic E-state index is -4.36. The Morgan fingerprint density at radius 1 is 1.20 bits per heavy atom. The molecule has 0 fully saturated rings. The number of pyridine rings is 1. The number of aromatic nitrogens is 2. The number of rotatable bonds is 1. The molecule has 0 bridgehead atoms. The van der Waals surface area contributed by atoms with Crippen molar-refractivity contribution in [3.05, 3.63) is 35.6 Å². The molecule has 0 atom stereocenters. The smallest absolute Gasteiger partial charge is 0.263 e. The second-order valence-corrected chi connectivity index (χ2v) is 3.69. The van der Waals surface area contributed by atoms with Crippen molar-refractivity contribution < 1.29 is 13.2 Å². The second-order valence-electron chi connectivity index (χ2n) is 2.80. The predicted molar refractivity (Wildman–Crippen MR) is 50.3 cm³/mol. The van der Waals surface area contributed by atoms with Gasteiger partial charge in [-0.25, -0.2) is 4.98 Å². The van der Waals surface area contributed by atoms with E-state index in [1.165, 1.54) is 17.5 Å². The minimum Gasteiger partial charge on any atom is -0.263 e. The van der Waals surface area contributed by atoms with E-state index in [0.29, 0.717) is 10.6 Å². The van der Waals surface area contributed by atoms with Gasteiger partial charge in [0.25, 0.3) is 0 Å². The fraction of sp³-hybridized carbons (Fsp3) is 0.111. The first-order chi connectivity index (χ1) is 7.07. The summed E-state index contributed by atoms with van der Waals surface area (Å²) in [6, 6.07) is 1.05.